The molecule has 0 saturated heterocycles. The van der Waals surface area contributed by atoms with Crippen molar-refractivity contribution in [3.05, 3.63) is 83.6 Å². The van der Waals surface area contributed by atoms with E-state index < -0.39 is 0 Å². The molecule has 3 N–H and O–H groups in total. The quantitative estimate of drug-likeness (QED) is 0.586. The van der Waals surface area contributed by atoms with Crippen LogP contribution in [0.4, 0.5) is 5.82 Å². The molecule has 0 aliphatic carbocycles. The number of carbonyl (C=O) groups excluding carboxylic acids is 1. The minimum absolute atomic E-state index is 0.225. The van der Waals surface area contributed by atoms with Crippen molar-refractivity contribution < 1.29 is 9.53 Å². The van der Waals surface area contributed by atoms with Crippen molar-refractivity contribution in [2.24, 2.45) is 5.92 Å². The molecule has 1 aromatic heterocycles. The molecule has 3 aromatic rings. The predicted octanol–water partition coefficient (Wildman–Crippen LogP) is 5.15. The summed E-state index contributed by atoms with van der Waals surface area (Å²) in [5.41, 5.74) is 8.36. The Morgan fingerprint density at radius 1 is 1.03 bits per heavy atom. The average Bonchev–Trinajstić information content (AvgIpc) is 2.73. The van der Waals surface area contributed by atoms with Crippen LogP contribution in [0.15, 0.2) is 66.9 Å². The zero-order chi connectivity index (χ0) is 20.8. The molecule has 5 heteroatoms. The molecule has 0 radical (unpaired) electrons. The maximum atomic E-state index is 12.2. The number of nitrogens with zero attached hydrogens (tertiary/aromatic N) is 1. The maximum absolute atomic E-state index is 12.2. The van der Waals surface area contributed by atoms with Gasteiger partial charge in [0, 0.05) is 12.7 Å². The number of nitrogens with two attached hydrogens (primary N) is 1. The van der Waals surface area contributed by atoms with Crippen LogP contribution in [0.25, 0.3) is 0 Å². The number of hydrogen-bond acceptors (Lipinski definition) is 4. The second kappa shape index (κ2) is 9.24. The number of pyridine rings is 1. The Labute approximate surface area is 171 Å². The Kier molecular flexibility index (Phi) is 6.50. The zero-order valence-electron chi connectivity index (χ0n) is 17.1. The molecular weight excluding hydrogens is 362 g/mol. The second-order valence-corrected chi connectivity index (χ2v) is 7.47. The van der Waals surface area contributed by atoms with Crippen molar-refractivity contribution in [2.75, 3.05) is 5.73 Å². The molecule has 1 atom stereocenters. The van der Waals surface area contributed by atoms with Crippen LogP contribution < -0.4 is 15.8 Å². The normalized spacial score (nSPS) is 11.9. The summed E-state index contributed by atoms with van der Waals surface area (Å²) in [6.45, 7) is 7.07. The number of amides is 1. The van der Waals surface area contributed by atoms with Crippen LogP contribution in [0.3, 0.4) is 0 Å². The van der Waals surface area contributed by atoms with Gasteiger partial charge in [-0.25, -0.2) is 4.98 Å². The SMILES string of the molecule is CC(C)C(C)c1cccc(Oc2ccc(CNC(=O)c3cccnc3N)cc2)c1. The van der Waals surface area contributed by atoms with Crippen LogP contribution in [-0.4, -0.2) is 10.9 Å². The van der Waals surface area contributed by atoms with E-state index in [1.54, 1.807) is 18.3 Å². The molecule has 0 fully saturated rings. The Bertz CT molecular complexity index is 968. The number of aromatic nitrogens is 1. The lowest BCUT2D eigenvalue weighted by Gasteiger charge is -2.17. The summed E-state index contributed by atoms with van der Waals surface area (Å²) in [4.78, 5) is 16.2. The van der Waals surface area contributed by atoms with Crippen LogP contribution in [0.5, 0.6) is 11.5 Å². The lowest BCUT2D eigenvalue weighted by atomic mass is 9.90. The van der Waals surface area contributed by atoms with E-state index in [1.165, 1.54) is 5.56 Å². The van der Waals surface area contributed by atoms with E-state index in [1.807, 2.05) is 36.4 Å². The van der Waals surface area contributed by atoms with Gasteiger partial charge >= 0.3 is 0 Å². The number of benzene rings is 2. The first-order valence-corrected chi connectivity index (χ1v) is 9.79. The summed E-state index contributed by atoms with van der Waals surface area (Å²) in [6, 6.07) is 19.2. The predicted molar refractivity (Wildman–Crippen MR) is 116 cm³/mol. The third-order valence-electron chi connectivity index (χ3n) is 5.08. The number of nitrogen functional groups attached to an aromatic ring is 1. The van der Waals surface area contributed by atoms with Crippen LogP contribution in [0.1, 0.15) is 48.2 Å². The molecule has 2 aromatic carbocycles. The fourth-order valence-corrected chi connectivity index (χ4v) is 2.94. The van der Waals surface area contributed by atoms with Crippen molar-refractivity contribution >= 4 is 11.7 Å². The van der Waals surface area contributed by atoms with Gasteiger partial charge in [-0.05, 0) is 59.4 Å². The molecule has 1 amide bonds. The molecule has 150 valence electrons. The number of rotatable bonds is 7. The highest BCUT2D eigenvalue weighted by Crippen LogP contribution is 2.29. The van der Waals surface area contributed by atoms with Gasteiger partial charge in [-0.3, -0.25) is 4.79 Å². The van der Waals surface area contributed by atoms with Gasteiger partial charge in [0.15, 0.2) is 0 Å². The number of ether oxygens (including phenoxy) is 1. The summed E-state index contributed by atoms with van der Waals surface area (Å²) in [5.74, 6) is 2.60. The molecule has 1 unspecified atom stereocenters. The van der Waals surface area contributed by atoms with Gasteiger partial charge < -0.3 is 15.8 Å². The molecule has 29 heavy (non-hydrogen) atoms. The van der Waals surface area contributed by atoms with Gasteiger partial charge in [0.25, 0.3) is 5.91 Å². The van der Waals surface area contributed by atoms with E-state index in [-0.39, 0.29) is 11.7 Å². The first-order valence-electron chi connectivity index (χ1n) is 9.79. The minimum Gasteiger partial charge on any atom is -0.457 e. The monoisotopic (exact) mass is 389 g/mol. The van der Waals surface area contributed by atoms with Crippen molar-refractivity contribution in [3.8, 4) is 11.5 Å². The van der Waals surface area contributed by atoms with Gasteiger partial charge in [0.1, 0.15) is 17.3 Å². The van der Waals surface area contributed by atoms with Gasteiger partial charge in [-0.2, -0.15) is 0 Å². The Morgan fingerprint density at radius 3 is 2.48 bits per heavy atom. The van der Waals surface area contributed by atoms with Crippen LogP contribution in [-0.2, 0) is 6.54 Å². The molecule has 0 bridgehead atoms. The highest BCUT2D eigenvalue weighted by atomic mass is 16.5. The Balaban J connectivity index is 1.60. The molecule has 3 rings (SSSR count). The van der Waals surface area contributed by atoms with E-state index in [0.717, 1.165) is 17.1 Å². The van der Waals surface area contributed by atoms with E-state index in [2.05, 4.69) is 43.2 Å². The number of carbonyl (C=O) groups is 1. The first-order chi connectivity index (χ1) is 13.9. The number of hydrogen-bond donors (Lipinski definition) is 2. The molecule has 5 nitrogen and oxygen atoms in total. The summed E-state index contributed by atoms with van der Waals surface area (Å²) in [6.07, 6.45) is 1.56. The summed E-state index contributed by atoms with van der Waals surface area (Å²) < 4.78 is 6.00. The maximum Gasteiger partial charge on any atom is 0.255 e. The molecular formula is C24H27N3O2. The van der Waals surface area contributed by atoms with Gasteiger partial charge in [0.2, 0.25) is 0 Å². The van der Waals surface area contributed by atoms with Crippen LogP contribution in [0, 0.1) is 5.92 Å². The largest absolute Gasteiger partial charge is 0.457 e. The Morgan fingerprint density at radius 2 is 1.79 bits per heavy atom. The molecule has 1 heterocycles. The zero-order valence-corrected chi connectivity index (χ0v) is 17.1. The first kappa shape index (κ1) is 20.4. The molecule has 0 spiro atoms. The van der Waals surface area contributed by atoms with E-state index in [9.17, 15) is 4.79 Å². The smallest absolute Gasteiger partial charge is 0.255 e. The highest BCUT2D eigenvalue weighted by Gasteiger charge is 2.11. The van der Waals surface area contributed by atoms with E-state index >= 15 is 0 Å². The van der Waals surface area contributed by atoms with Crippen LogP contribution >= 0.6 is 0 Å². The summed E-state index contributed by atoms with van der Waals surface area (Å²) >= 11 is 0. The van der Waals surface area contributed by atoms with E-state index in [0.29, 0.717) is 23.9 Å². The standard InChI is InChI=1S/C24H27N3O2/c1-16(2)17(3)19-6-4-7-21(14-19)29-20-11-9-18(10-12-20)15-27-24(28)22-8-5-13-26-23(22)25/h4-14,16-17H,15H2,1-3H3,(H2,25,26)(H,27,28). The topological polar surface area (TPSA) is 77.2 Å². The molecule has 0 aliphatic rings. The van der Waals surface area contributed by atoms with Gasteiger partial charge in [-0.15, -0.1) is 0 Å². The average molecular weight is 389 g/mol. The lowest BCUT2D eigenvalue weighted by molar-refractivity contribution is 0.0951. The van der Waals surface area contributed by atoms with Gasteiger partial charge in [0.05, 0.1) is 5.56 Å². The summed E-state index contributed by atoms with van der Waals surface area (Å²) in [7, 11) is 0. The fourth-order valence-electron chi connectivity index (χ4n) is 2.94. The third-order valence-corrected chi connectivity index (χ3v) is 5.08. The van der Waals surface area contributed by atoms with E-state index in [4.69, 9.17) is 10.5 Å². The Hall–Kier alpha value is -3.34. The lowest BCUT2D eigenvalue weighted by Crippen LogP contribution is -2.24. The molecule has 0 aliphatic heterocycles. The van der Waals surface area contributed by atoms with Crippen molar-refractivity contribution in [2.45, 2.75) is 33.2 Å². The van der Waals surface area contributed by atoms with Crippen LogP contribution in [0.2, 0.25) is 0 Å². The van der Waals surface area contributed by atoms with Gasteiger partial charge in [-0.1, -0.05) is 45.0 Å². The van der Waals surface area contributed by atoms with Crippen molar-refractivity contribution in [1.82, 2.24) is 10.3 Å². The number of anilines is 1. The number of nitrogens with one attached hydrogen (secondary N) is 1. The van der Waals surface area contributed by atoms with Crippen molar-refractivity contribution in [3.63, 3.8) is 0 Å². The fraction of sp³-hybridized carbons (Fsp3) is 0.250. The third kappa shape index (κ3) is 5.35. The molecule has 0 saturated carbocycles. The highest BCUT2D eigenvalue weighted by molar-refractivity contribution is 5.98. The van der Waals surface area contributed by atoms with Crippen molar-refractivity contribution in [1.29, 1.82) is 0 Å². The minimum atomic E-state index is -0.244. The second-order valence-electron chi connectivity index (χ2n) is 7.47. The summed E-state index contributed by atoms with van der Waals surface area (Å²) in [5, 5.41) is 2.86.